The standard InChI is InChI=1S/C9H13BrOS/c10-5-1-2-6-11-8-9-4-3-7-12-9/h3-4,7H,1-2,5-6,8H2. The summed E-state index contributed by atoms with van der Waals surface area (Å²) in [6, 6.07) is 4.16. The van der Waals surface area contributed by atoms with Crippen molar-refractivity contribution in [2.24, 2.45) is 0 Å². The van der Waals surface area contributed by atoms with Crippen LogP contribution in [0.4, 0.5) is 0 Å². The van der Waals surface area contributed by atoms with Crippen LogP contribution in [0.5, 0.6) is 0 Å². The molecule has 1 rings (SSSR count). The minimum Gasteiger partial charge on any atom is -0.376 e. The van der Waals surface area contributed by atoms with E-state index in [4.69, 9.17) is 4.74 Å². The predicted molar refractivity (Wildman–Crippen MR) is 57.0 cm³/mol. The fourth-order valence-electron chi connectivity index (χ4n) is 0.866. The smallest absolute Gasteiger partial charge is 0.0809 e. The molecule has 0 radical (unpaired) electrons. The van der Waals surface area contributed by atoms with Crippen LogP contribution in [-0.4, -0.2) is 11.9 Å². The molecule has 1 aromatic rings. The van der Waals surface area contributed by atoms with Gasteiger partial charge in [0.15, 0.2) is 0 Å². The molecule has 0 aliphatic carbocycles. The van der Waals surface area contributed by atoms with E-state index in [0.717, 1.165) is 25.0 Å². The Kier molecular flexibility index (Phi) is 5.65. The zero-order valence-corrected chi connectivity index (χ0v) is 9.36. The van der Waals surface area contributed by atoms with Crippen LogP contribution in [0.15, 0.2) is 17.5 Å². The molecule has 12 heavy (non-hydrogen) atoms. The molecule has 1 aromatic heterocycles. The van der Waals surface area contributed by atoms with Crippen molar-refractivity contribution in [2.75, 3.05) is 11.9 Å². The van der Waals surface area contributed by atoms with Gasteiger partial charge in [-0.25, -0.2) is 0 Å². The molecular weight excluding hydrogens is 236 g/mol. The summed E-state index contributed by atoms with van der Waals surface area (Å²) in [5.41, 5.74) is 0. The topological polar surface area (TPSA) is 9.23 Å². The monoisotopic (exact) mass is 248 g/mol. The second-order valence-electron chi connectivity index (χ2n) is 2.53. The Morgan fingerprint density at radius 2 is 2.33 bits per heavy atom. The Hall–Kier alpha value is 0.140. The van der Waals surface area contributed by atoms with Gasteiger partial charge in [-0.3, -0.25) is 0 Å². The molecule has 0 atom stereocenters. The van der Waals surface area contributed by atoms with Crippen molar-refractivity contribution in [2.45, 2.75) is 19.4 Å². The normalized spacial score (nSPS) is 10.4. The maximum Gasteiger partial charge on any atom is 0.0809 e. The van der Waals surface area contributed by atoms with E-state index in [1.54, 1.807) is 11.3 Å². The van der Waals surface area contributed by atoms with Gasteiger partial charge in [0.25, 0.3) is 0 Å². The van der Waals surface area contributed by atoms with Gasteiger partial charge in [-0.1, -0.05) is 22.0 Å². The van der Waals surface area contributed by atoms with Crippen molar-refractivity contribution in [3.63, 3.8) is 0 Å². The lowest BCUT2D eigenvalue weighted by Gasteiger charge is -2.00. The van der Waals surface area contributed by atoms with E-state index >= 15 is 0 Å². The zero-order valence-electron chi connectivity index (χ0n) is 6.96. The van der Waals surface area contributed by atoms with Crippen LogP contribution in [0.2, 0.25) is 0 Å². The van der Waals surface area contributed by atoms with Crippen molar-refractivity contribution in [3.05, 3.63) is 22.4 Å². The van der Waals surface area contributed by atoms with Gasteiger partial charge in [0.05, 0.1) is 6.61 Å². The predicted octanol–water partition coefficient (Wildman–Crippen LogP) is 3.44. The van der Waals surface area contributed by atoms with Gasteiger partial charge in [0, 0.05) is 16.8 Å². The summed E-state index contributed by atoms with van der Waals surface area (Å²) in [5.74, 6) is 0. The third-order valence-corrected chi connectivity index (χ3v) is 2.91. The molecule has 0 bridgehead atoms. The number of rotatable bonds is 6. The van der Waals surface area contributed by atoms with E-state index in [1.807, 2.05) is 0 Å². The maximum absolute atomic E-state index is 5.47. The second kappa shape index (κ2) is 6.63. The highest BCUT2D eigenvalue weighted by atomic mass is 79.9. The molecule has 0 aliphatic heterocycles. The molecule has 0 fully saturated rings. The quantitative estimate of drug-likeness (QED) is 0.554. The van der Waals surface area contributed by atoms with Crippen LogP contribution in [0.3, 0.4) is 0 Å². The summed E-state index contributed by atoms with van der Waals surface area (Å²) in [6.07, 6.45) is 2.35. The number of thiophene rings is 1. The molecular formula is C9H13BrOS. The van der Waals surface area contributed by atoms with E-state index in [0.29, 0.717) is 0 Å². The average Bonchev–Trinajstić information content (AvgIpc) is 2.57. The minimum atomic E-state index is 0.778. The molecule has 0 amide bonds. The summed E-state index contributed by atoms with van der Waals surface area (Å²) in [4.78, 5) is 1.31. The number of ether oxygens (including phenoxy) is 1. The summed E-state index contributed by atoms with van der Waals surface area (Å²) in [7, 11) is 0. The first-order valence-corrected chi connectivity index (χ1v) is 6.09. The lowest BCUT2D eigenvalue weighted by molar-refractivity contribution is 0.120. The molecule has 0 unspecified atom stereocenters. The van der Waals surface area contributed by atoms with Gasteiger partial charge in [-0.05, 0) is 24.3 Å². The first kappa shape index (κ1) is 10.2. The summed E-state index contributed by atoms with van der Waals surface area (Å²) >= 11 is 5.14. The van der Waals surface area contributed by atoms with Gasteiger partial charge < -0.3 is 4.74 Å². The number of hydrogen-bond acceptors (Lipinski definition) is 2. The van der Waals surface area contributed by atoms with Gasteiger partial charge in [0.2, 0.25) is 0 Å². The zero-order chi connectivity index (χ0) is 8.65. The highest BCUT2D eigenvalue weighted by molar-refractivity contribution is 9.09. The first-order valence-electron chi connectivity index (χ1n) is 4.09. The van der Waals surface area contributed by atoms with Crippen molar-refractivity contribution in [1.82, 2.24) is 0 Å². The van der Waals surface area contributed by atoms with Crippen molar-refractivity contribution in [3.8, 4) is 0 Å². The minimum absolute atomic E-state index is 0.778. The number of hydrogen-bond donors (Lipinski definition) is 0. The van der Waals surface area contributed by atoms with Crippen LogP contribution < -0.4 is 0 Å². The fourth-order valence-corrected chi connectivity index (χ4v) is 1.90. The Balaban J connectivity index is 1.96. The number of halogens is 1. The highest BCUT2D eigenvalue weighted by Gasteiger charge is 1.92. The van der Waals surface area contributed by atoms with Crippen LogP contribution in [-0.2, 0) is 11.3 Å². The molecule has 0 spiro atoms. The summed E-state index contributed by atoms with van der Waals surface area (Å²) < 4.78 is 5.47. The van der Waals surface area contributed by atoms with Crippen LogP contribution >= 0.6 is 27.3 Å². The lowest BCUT2D eigenvalue weighted by atomic mass is 10.4. The molecule has 1 heterocycles. The van der Waals surface area contributed by atoms with E-state index in [-0.39, 0.29) is 0 Å². The fraction of sp³-hybridized carbons (Fsp3) is 0.556. The van der Waals surface area contributed by atoms with Gasteiger partial charge >= 0.3 is 0 Å². The Bertz CT molecular complexity index is 186. The SMILES string of the molecule is BrCCCCOCc1cccs1. The van der Waals surface area contributed by atoms with Crippen LogP contribution in [0.25, 0.3) is 0 Å². The third-order valence-electron chi connectivity index (χ3n) is 1.50. The molecule has 0 aliphatic rings. The Labute approximate surface area is 85.9 Å². The van der Waals surface area contributed by atoms with E-state index < -0.39 is 0 Å². The molecule has 0 saturated carbocycles. The van der Waals surface area contributed by atoms with Crippen LogP contribution in [0.1, 0.15) is 17.7 Å². The summed E-state index contributed by atoms with van der Waals surface area (Å²) in [6.45, 7) is 1.66. The van der Waals surface area contributed by atoms with Gasteiger partial charge in [-0.2, -0.15) is 0 Å². The van der Waals surface area contributed by atoms with E-state index in [1.165, 1.54) is 11.3 Å². The highest BCUT2D eigenvalue weighted by Crippen LogP contribution is 2.09. The van der Waals surface area contributed by atoms with E-state index in [9.17, 15) is 0 Å². The Morgan fingerprint density at radius 1 is 1.42 bits per heavy atom. The largest absolute Gasteiger partial charge is 0.376 e. The number of unbranched alkanes of at least 4 members (excludes halogenated alkanes) is 1. The molecule has 1 nitrogen and oxygen atoms in total. The first-order chi connectivity index (χ1) is 5.93. The molecule has 0 saturated heterocycles. The van der Waals surface area contributed by atoms with Crippen molar-refractivity contribution >= 4 is 27.3 Å². The van der Waals surface area contributed by atoms with Crippen molar-refractivity contribution in [1.29, 1.82) is 0 Å². The average molecular weight is 249 g/mol. The third kappa shape index (κ3) is 4.24. The second-order valence-corrected chi connectivity index (χ2v) is 4.35. The molecule has 0 N–H and O–H groups in total. The van der Waals surface area contributed by atoms with Crippen molar-refractivity contribution < 1.29 is 4.74 Å². The molecule has 0 aromatic carbocycles. The molecule has 68 valence electrons. The van der Waals surface area contributed by atoms with Crippen LogP contribution in [0, 0.1) is 0 Å². The van der Waals surface area contributed by atoms with E-state index in [2.05, 4.69) is 33.4 Å². The maximum atomic E-state index is 5.47. The lowest BCUT2D eigenvalue weighted by Crippen LogP contribution is -1.93. The number of alkyl halides is 1. The Morgan fingerprint density at radius 3 is 3.00 bits per heavy atom. The van der Waals surface area contributed by atoms with Gasteiger partial charge in [0.1, 0.15) is 0 Å². The molecule has 3 heteroatoms. The van der Waals surface area contributed by atoms with Gasteiger partial charge in [-0.15, -0.1) is 11.3 Å². The summed E-state index contributed by atoms with van der Waals surface area (Å²) in [5, 5.41) is 3.16.